The lowest BCUT2D eigenvalue weighted by Crippen LogP contribution is -2.58. The van der Waals surface area contributed by atoms with Crippen LogP contribution < -0.4 is 15.2 Å². The van der Waals surface area contributed by atoms with E-state index in [4.69, 9.17) is 24.7 Å². The molecule has 0 aliphatic rings. The van der Waals surface area contributed by atoms with Gasteiger partial charge in [-0.05, 0) is 42.9 Å². The Morgan fingerprint density at radius 1 is 0.854 bits per heavy atom. The lowest BCUT2D eigenvalue weighted by Gasteiger charge is -2.34. The average molecular weight is 580 g/mol. The molecule has 2 unspecified atom stereocenters. The van der Waals surface area contributed by atoms with Crippen molar-refractivity contribution >= 4 is 24.1 Å². The molecule has 0 spiro atoms. The zero-order chi connectivity index (χ0) is 31.5. The molecule has 41 heavy (non-hydrogen) atoms. The Morgan fingerprint density at radius 3 is 1.88 bits per heavy atom. The maximum atomic E-state index is 12.8. The second-order valence-electron chi connectivity index (χ2n) is 11.6. The molecule has 0 fully saturated rings. The minimum absolute atomic E-state index is 0.00187. The SMILES string of the molecule is CCCCCOC(=O)O[C@@H](C)[C@@H](C)[C@](N)(Cc1ccc(OC(=O)C(C)C(C)C)c(OC(=O)C(C)C(C)C)c1)C(=O)O. The van der Waals surface area contributed by atoms with Crippen molar-refractivity contribution in [3.05, 3.63) is 23.8 Å². The molecule has 0 heterocycles. The van der Waals surface area contributed by atoms with E-state index < -0.39 is 53.5 Å². The Balaban J connectivity index is 3.27. The number of esters is 2. The number of nitrogens with two attached hydrogens (primary N) is 1. The monoisotopic (exact) mass is 579 g/mol. The van der Waals surface area contributed by atoms with Crippen LogP contribution in [0, 0.1) is 29.6 Å². The first-order valence-corrected chi connectivity index (χ1v) is 14.5. The molecule has 0 aliphatic carbocycles. The van der Waals surface area contributed by atoms with Gasteiger partial charge in [0.05, 0.1) is 18.4 Å². The van der Waals surface area contributed by atoms with Crippen molar-refractivity contribution in [3.8, 4) is 11.5 Å². The molecule has 0 amide bonds. The summed E-state index contributed by atoms with van der Waals surface area (Å²) < 4.78 is 21.6. The van der Waals surface area contributed by atoms with Crippen molar-refractivity contribution in [2.75, 3.05) is 6.61 Å². The largest absolute Gasteiger partial charge is 0.508 e. The first kappa shape index (κ1) is 35.9. The van der Waals surface area contributed by atoms with Crippen LogP contribution in [0.15, 0.2) is 18.2 Å². The highest BCUT2D eigenvalue weighted by molar-refractivity contribution is 5.80. The van der Waals surface area contributed by atoms with E-state index in [1.165, 1.54) is 12.1 Å². The molecule has 0 saturated heterocycles. The number of ether oxygens (including phenoxy) is 4. The number of hydrogen-bond acceptors (Lipinski definition) is 9. The molecule has 10 nitrogen and oxygen atoms in total. The van der Waals surface area contributed by atoms with Crippen molar-refractivity contribution in [1.82, 2.24) is 0 Å². The molecule has 0 radical (unpaired) electrons. The highest BCUT2D eigenvalue weighted by atomic mass is 16.7. The maximum absolute atomic E-state index is 12.8. The first-order chi connectivity index (χ1) is 19.0. The normalized spacial score (nSPS) is 15.8. The molecule has 1 aromatic rings. The van der Waals surface area contributed by atoms with Gasteiger partial charge in [-0.2, -0.15) is 0 Å². The van der Waals surface area contributed by atoms with Crippen LogP contribution in [-0.2, 0) is 30.3 Å². The van der Waals surface area contributed by atoms with E-state index in [2.05, 4.69) is 0 Å². The molecule has 0 aromatic heterocycles. The molecular formula is C31H49NO9. The van der Waals surface area contributed by atoms with E-state index in [-0.39, 0.29) is 36.4 Å². The van der Waals surface area contributed by atoms with Crippen LogP contribution in [0.5, 0.6) is 11.5 Å². The summed E-state index contributed by atoms with van der Waals surface area (Å²) in [5.41, 5.74) is 5.00. The van der Waals surface area contributed by atoms with Gasteiger partial charge in [0.25, 0.3) is 0 Å². The molecule has 5 atom stereocenters. The van der Waals surface area contributed by atoms with Gasteiger partial charge < -0.3 is 29.8 Å². The smallest absolute Gasteiger partial charge is 0.480 e. The average Bonchev–Trinajstić information content (AvgIpc) is 2.90. The second-order valence-corrected chi connectivity index (χ2v) is 11.6. The van der Waals surface area contributed by atoms with Crippen molar-refractivity contribution in [2.24, 2.45) is 35.3 Å². The lowest BCUT2D eigenvalue weighted by molar-refractivity contribution is -0.147. The van der Waals surface area contributed by atoms with Crippen LogP contribution in [0.1, 0.15) is 87.1 Å². The number of carbonyl (C=O) groups excluding carboxylic acids is 3. The summed E-state index contributed by atoms with van der Waals surface area (Å²) in [6, 6.07) is 4.48. The van der Waals surface area contributed by atoms with Crippen molar-refractivity contribution in [1.29, 1.82) is 0 Å². The topological polar surface area (TPSA) is 151 Å². The molecule has 232 valence electrons. The van der Waals surface area contributed by atoms with Crippen LogP contribution >= 0.6 is 0 Å². The fraction of sp³-hybridized carbons (Fsp3) is 0.677. The van der Waals surface area contributed by atoms with Gasteiger partial charge in [0.1, 0.15) is 11.6 Å². The van der Waals surface area contributed by atoms with Gasteiger partial charge in [-0.15, -0.1) is 0 Å². The van der Waals surface area contributed by atoms with Gasteiger partial charge >= 0.3 is 24.1 Å². The second kappa shape index (κ2) is 16.3. The fourth-order valence-corrected chi connectivity index (χ4v) is 3.76. The molecule has 0 bridgehead atoms. The van der Waals surface area contributed by atoms with Gasteiger partial charge in [0, 0.05) is 12.3 Å². The van der Waals surface area contributed by atoms with Crippen molar-refractivity contribution in [3.63, 3.8) is 0 Å². The third-order valence-corrected chi connectivity index (χ3v) is 7.83. The molecule has 0 aliphatic heterocycles. The van der Waals surface area contributed by atoms with Gasteiger partial charge in [0.2, 0.25) is 0 Å². The predicted molar refractivity (Wildman–Crippen MR) is 155 cm³/mol. The first-order valence-electron chi connectivity index (χ1n) is 14.5. The fourth-order valence-electron chi connectivity index (χ4n) is 3.76. The quantitative estimate of drug-likeness (QED) is 0.140. The number of carboxylic acid groups (broad SMARTS) is 1. The number of aliphatic carboxylic acids is 1. The zero-order valence-corrected chi connectivity index (χ0v) is 26.0. The van der Waals surface area contributed by atoms with Crippen LogP contribution in [0.25, 0.3) is 0 Å². The Labute approximate surface area is 244 Å². The van der Waals surface area contributed by atoms with E-state index in [0.29, 0.717) is 12.0 Å². The van der Waals surface area contributed by atoms with E-state index in [1.807, 2.05) is 34.6 Å². The minimum Gasteiger partial charge on any atom is -0.480 e. The Kier molecular flexibility index (Phi) is 14.3. The van der Waals surface area contributed by atoms with E-state index in [9.17, 15) is 24.3 Å². The van der Waals surface area contributed by atoms with Crippen LogP contribution in [-0.4, -0.2) is 47.4 Å². The summed E-state index contributed by atoms with van der Waals surface area (Å²) in [7, 11) is 0. The number of unbranched alkanes of at least 4 members (excludes halogenated alkanes) is 2. The van der Waals surface area contributed by atoms with E-state index >= 15 is 0 Å². The van der Waals surface area contributed by atoms with E-state index in [0.717, 1.165) is 12.8 Å². The zero-order valence-electron chi connectivity index (χ0n) is 26.0. The van der Waals surface area contributed by atoms with Gasteiger partial charge in [-0.3, -0.25) is 14.4 Å². The summed E-state index contributed by atoms with van der Waals surface area (Å²) in [4.78, 5) is 50.0. The Hall–Kier alpha value is -3.14. The summed E-state index contributed by atoms with van der Waals surface area (Å²) in [6.45, 7) is 16.4. The van der Waals surface area contributed by atoms with Gasteiger partial charge in [-0.1, -0.05) is 74.3 Å². The highest BCUT2D eigenvalue weighted by Crippen LogP contribution is 2.34. The summed E-state index contributed by atoms with van der Waals surface area (Å²) in [5, 5.41) is 10.1. The number of hydrogen-bond donors (Lipinski definition) is 2. The van der Waals surface area contributed by atoms with Crippen molar-refractivity contribution < 1.29 is 43.2 Å². The number of carboxylic acids is 1. The number of rotatable bonds is 16. The third-order valence-electron chi connectivity index (χ3n) is 7.83. The summed E-state index contributed by atoms with van der Waals surface area (Å²) in [5.74, 6) is -3.92. The van der Waals surface area contributed by atoms with E-state index in [1.54, 1.807) is 33.8 Å². The number of carbonyl (C=O) groups is 4. The standard InChI is InChI=1S/C31H49NO9/c1-10-11-12-15-38-30(37)39-23(9)22(8)31(32,29(35)36)17-24-13-14-25(40-27(33)20(6)18(2)3)26(16-24)41-28(34)21(7)19(4)5/h13-14,16,18-23H,10-12,15,17,32H2,1-9H3,(H,35,36)/t20?,21?,22-,23+,31-/m1/s1. The lowest BCUT2D eigenvalue weighted by atomic mass is 9.78. The maximum Gasteiger partial charge on any atom is 0.508 e. The predicted octanol–water partition coefficient (Wildman–Crippen LogP) is 5.77. The molecule has 0 saturated carbocycles. The summed E-state index contributed by atoms with van der Waals surface area (Å²) >= 11 is 0. The van der Waals surface area contributed by atoms with Crippen LogP contribution in [0.2, 0.25) is 0 Å². The minimum atomic E-state index is -1.86. The molecule has 10 heteroatoms. The van der Waals surface area contributed by atoms with Crippen LogP contribution in [0.3, 0.4) is 0 Å². The molecule has 3 N–H and O–H groups in total. The van der Waals surface area contributed by atoms with Gasteiger partial charge in [0.15, 0.2) is 11.5 Å². The summed E-state index contributed by atoms with van der Waals surface area (Å²) in [6.07, 6.45) is 0.630. The Morgan fingerprint density at radius 2 is 1.39 bits per heavy atom. The molecule has 1 rings (SSSR count). The van der Waals surface area contributed by atoms with Crippen molar-refractivity contribution in [2.45, 2.75) is 99.6 Å². The molecular weight excluding hydrogens is 530 g/mol. The third kappa shape index (κ3) is 10.6. The Bertz CT molecular complexity index is 1040. The van der Waals surface area contributed by atoms with Crippen LogP contribution in [0.4, 0.5) is 4.79 Å². The van der Waals surface area contributed by atoms with Gasteiger partial charge in [-0.25, -0.2) is 4.79 Å². The highest BCUT2D eigenvalue weighted by Gasteiger charge is 2.44. The number of benzene rings is 1. The molecule has 1 aromatic carbocycles.